The van der Waals surface area contributed by atoms with Crippen molar-refractivity contribution in [3.05, 3.63) is 47.9 Å². The van der Waals surface area contributed by atoms with Crippen molar-refractivity contribution < 1.29 is 28.5 Å². The highest BCUT2D eigenvalue weighted by Crippen LogP contribution is 2.53. The van der Waals surface area contributed by atoms with Gasteiger partial charge in [0.15, 0.2) is 11.5 Å². The van der Waals surface area contributed by atoms with Crippen molar-refractivity contribution in [3.8, 4) is 34.4 Å². The number of imidazole rings is 1. The fraction of sp³-hybridized carbons (Fsp3) is 0.273. The summed E-state index contributed by atoms with van der Waals surface area (Å²) in [5, 5.41) is 2.96. The van der Waals surface area contributed by atoms with Gasteiger partial charge in [-0.2, -0.15) is 0 Å². The number of fused-ring (bicyclic) bond motifs is 2. The number of carbonyl (C=O) groups excluding carboxylic acids is 1. The van der Waals surface area contributed by atoms with Gasteiger partial charge in [0, 0.05) is 23.6 Å². The van der Waals surface area contributed by atoms with Crippen LogP contribution in [0.25, 0.3) is 5.69 Å². The summed E-state index contributed by atoms with van der Waals surface area (Å²) in [6, 6.07) is 9.36. The smallest absolute Gasteiger partial charge is 0.231 e. The fourth-order valence-corrected chi connectivity index (χ4v) is 4.07. The Bertz CT molecular complexity index is 1160. The molecule has 3 heterocycles. The minimum Gasteiger partial charge on any atom is -0.497 e. The van der Waals surface area contributed by atoms with Crippen LogP contribution in [0.3, 0.4) is 0 Å². The molecule has 1 N–H and O–H groups in total. The van der Waals surface area contributed by atoms with Crippen LogP contribution in [0, 0.1) is 0 Å². The van der Waals surface area contributed by atoms with E-state index in [0.717, 1.165) is 22.7 Å². The van der Waals surface area contributed by atoms with Gasteiger partial charge in [0.05, 0.1) is 27.0 Å². The minimum atomic E-state index is -0.346. The highest BCUT2D eigenvalue weighted by molar-refractivity contribution is 5.94. The highest BCUT2D eigenvalue weighted by Gasteiger charge is 2.36. The summed E-state index contributed by atoms with van der Waals surface area (Å²) in [6.45, 7) is 0.0980. The van der Waals surface area contributed by atoms with Crippen LogP contribution in [0.5, 0.6) is 28.7 Å². The Morgan fingerprint density at radius 3 is 2.55 bits per heavy atom. The number of hydrogen-bond acceptors (Lipinski definition) is 7. The Hall–Kier alpha value is -3.88. The lowest BCUT2D eigenvalue weighted by molar-refractivity contribution is -0.116. The number of aromatic nitrogens is 2. The molecule has 1 atom stereocenters. The van der Waals surface area contributed by atoms with Crippen LogP contribution in [0.15, 0.2) is 36.7 Å². The van der Waals surface area contributed by atoms with Crippen LogP contribution in [0.4, 0.5) is 5.82 Å². The number of anilines is 1. The van der Waals surface area contributed by atoms with Gasteiger partial charge in [-0.3, -0.25) is 9.36 Å². The Labute approximate surface area is 178 Å². The third-order valence-electron chi connectivity index (χ3n) is 5.51. The van der Waals surface area contributed by atoms with E-state index in [1.165, 1.54) is 0 Å². The first-order valence-electron chi connectivity index (χ1n) is 9.70. The standard InChI is InChI=1S/C22H21N3O6/c1-27-13-6-4-12(5-7-13)25-10-23-18-14(9-17(26)24-22(18)25)15-8-16-20(31-11-30-16)21(29-3)19(15)28-2/h4-8,10,14H,9,11H2,1-3H3,(H,24,26)/t14-/m1/s1. The SMILES string of the molecule is COc1ccc(-n2cnc3c2NC(=O)C[C@@H]3c2cc3c(c(OC)c2OC)OCO3)cc1. The molecule has 0 saturated heterocycles. The average Bonchev–Trinajstić information content (AvgIpc) is 3.44. The van der Waals surface area contributed by atoms with Crippen molar-refractivity contribution in [2.75, 3.05) is 33.4 Å². The van der Waals surface area contributed by atoms with E-state index in [2.05, 4.69) is 10.3 Å². The molecule has 9 nitrogen and oxygen atoms in total. The monoisotopic (exact) mass is 423 g/mol. The lowest BCUT2D eigenvalue weighted by Crippen LogP contribution is -2.25. The predicted molar refractivity (Wildman–Crippen MR) is 111 cm³/mol. The first-order valence-corrected chi connectivity index (χ1v) is 9.70. The second kappa shape index (κ2) is 7.42. The van der Waals surface area contributed by atoms with Gasteiger partial charge in [-0.05, 0) is 30.3 Å². The first kappa shape index (κ1) is 19.1. The van der Waals surface area contributed by atoms with Crippen molar-refractivity contribution in [1.82, 2.24) is 9.55 Å². The summed E-state index contributed by atoms with van der Waals surface area (Å²) in [5.74, 6) is 2.88. The summed E-state index contributed by atoms with van der Waals surface area (Å²) in [6.07, 6.45) is 1.91. The molecule has 1 amide bonds. The molecule has 0 aliphatic carbocycles. The number of benzene rings is 2. The first-order chi connectivity index (χ1) is 15.1. The molecule has 0 saturated carbocycles. The number of rotatable bonds is 5. The zero-order valence-electron chi connectivity index (χ0n) is 17.3. The summed E-state index contributed by atoms with van der Waals surface area (Å²) in [4.78, 5) is 17.3. The molecule has 0 fully saturated rings. The summed E-state index contributed by atoms with van der Waals surface area (Å²) in [7, 11) is 4.72. The molecule has 3 aromatic rings. The van der Waals surface area contributed by atoms with Crippen LogP contribution >= 0.6 is 0 Å². The molecular weight excluding hydrogens is 402 g/mol. The Kier molecular flexibility index (Phi) is 4.58. The number of hydrogen-bond donors (Lipinski definition) is 1. The Morgan fingerprint density at radius 2 is 1.84 bits per heavy atom. The van der Waals surface area contributed by atoms with Crippen molar-refractivity contribution in [2.24, 2.45) is 0 Å². The van der Waals surface area contributed by atoms with Crippen molar-refractivity contribution in [2.45, 2.75) is 12.3 Å². The lowest BCUT2D eigenvalue weighted by Gasteiger charge is -2.25. The molecule has 0 radical (unpaired) electrons. The van der Waals surface area contributed by atoms with Crippen molar-refractivity contribution >= 4 is 11.7 Å². The normalized spacial score (nSPS) is 16.5. The predicted octanol–water partition coefficient (Wildman–Crippen LogP) is 3.10. The minimum absolute atomic E-state index is 0.0980. The molecule has 1 aromatic heterocycles. The second-order valence-electron chi connectivity index (χ2n) is 7.12. The number of methoxy groups -OCH3 is 3. The van der Waals surface area contributed by atoms with E-state index in [4.69, 9.17) is 23.7 Å². The van der Waals surface area contributed by atoms with Crippen LogP contribution in [0.1, 0.15) is 23.6 Å². The maximum atomic E-state index is 12.7. The van der Waals surface area contributed by atoms with Crippen molar-refractivity contribution in [1.29, 1.82) is 0 Å². The van der Waals surface area contributed by atoms with E-state index in [0.29, 0.717) is 28.8 Å². The Morgan fingerprint density at radius 1 is 1.06 bits per heavy atom. The quantitative estimate of drug-likeness (QED) is 0.674. The molecule has 0 unspecified atom stereocenters. The van der Waals surface area contributed by atoms with Crippen LogP contribution < -0.4 is 29.0 Å². The van der Waals surface area contributed by atoms with Gasteiger partial charge in [-0.1, -0.05) is 0 Å². The van der Waals surface area contributed by atoms with E-state index in [1.54, 1.807) is 27.7 Å². The molecule has 31 heavy (non-hydrogen) atoms. The van der Waals surface area contributed by atoms with Gasteiger partial charge >= 0.3 is 0 Å². The molecule has 5 rings (SSSR count). The van der Waals surface area contributed by atoms with E-state index >= 15 is 0 Å². The molecule has 2 aliphatic heterocycles. The third kappa shape index (κ3) is 3.00. The molecular formula is C22H21N3O6. The molecule has 0 bridgehead atoms. The third-order valence-corrected chi connectivity index (χ3v) is 5.51. The molecule has 2 aromatic carbocycles. The van der Waals surface area contributed by atoms with Crippen LogP contribution in [-0.4, -0.2) is 43.6 Å². The van der Waals surface area contributed by atoms with Crippen LogP contribution in [0.2, 0.25) is 0 Å². The summed E-state index contributed by atoms with van der Waals surface area (Å²) >= 11 is 0. The molecule has 160 valence electrons. The zero-order valence-corrected chi connectivity index (χ0v) is 17.3. The molecule has 0 spiro atoms. The van der Waals surface area contributed by atoms with E-state index in [-0.39, 0.29) is 25.0 Å². The zero-order chi connectivity index (χ0) is 21.5. The van der Waals surface area contributed by atoms with Gasteiger partial charge in [-0.25, -0.2) is 4.98 Å². The highest BCUT2D eigenvalue weighted by atomic mass is 16.7. The van der Waals surface area contributed by atoms with E-state index in [9.17, 15) is 4.79 Å². The van der Waals surface area contributed by atoms with Gasteiger partial charge in [0.1, 0.15) is 17.9 Å². The largest absolute Gasteiger partial charge is 0.497 e. The maximum Gasteiger partial charge on any atom is 0.231 e. The van der Waals surface area contributed by atoms with Gasteiger partial charge in [0.25, 0.3) is 0 Å². The van der Waals surface area contributed by atoms with E-state index < -0.39 is 0 Å². The average molecular weight is 423 g/mol. The molecule has 2 aliphatic rings. The number of ether oxygens (including phenoxy) is 5. The van der Waals surface area contributed by atoms with Crippen LogP contribution in [-0.2, 0) is 4.79 Å². The fourth-order valence-electron chi connectivity index (χ4n) is 4.07. The maximum absolute atomic E-state index is 12.7. The van der Waals surface area contributed by atoms with Gasteiger partial charge in [0.2, 0.25) is 24.2 Å². The molecule has 9 heteroatoms. The number of carbonyl (C=O) groups is 1. The van der Waals surface area contributed by atoms with E-state index in [1.807, 2.05) is 34.9 Å². The number of amides is 1. The van der Waals surface area contributed by atoms with Crippen molar-refractivity contribution in [3.63, 3.8) is 0 Å². The van der Waals surface area contributed by atoms with Gasteiger partial charge in [-0.15, -0.1) is 0 Å². The number of nitrogens with one attached hydrogen (secondary N) is 1. The summed E-state index contributed by atoms with van der Waals surface area (Å²) < 4.78 is 29.4. The summed E-state index contributed by atoms with van der Waals surface area (Å²) in [5.41, 5.74) is 2.33. The van der Waals surface area contributed by atoms with Gasteiger partial charge < -0.3 is 29.0 Å². The second-order valence-corrected chi connectivity index (χ2v) is 7.12. The topological polar surface area (TPSA) is 93.1 Å². The lowest BCUT2D eigenvalue weighted by atomic mass is 9.88. The Balaban J connectivity index is 1.64. The number of nitrogens with zero attached hydrogens (tertiary/aromatic N) is 2.